The first kappa shape index (κ1) is 14.9. The van der Waals surface area contributed by atoms with Gasteiger partial charge in [-0.2, -0.15) is 0 Å². The van der Waals surface area contributed by atoms with Gasteiger partial charge in [0.15, 0.2) is 0 Å². The highest BCUT2D eigenvalue weighted by molar-refractivity contribution is 5.95. The van der Waals surface area contributed by atoms with E-state index in [1.54, 1.807) is 18.2 Å². The molecular formula is C15H23FN4. The molecular weight excluding hydrogens is 255 g/mol. The summed E-state index contributed by atoms with van der Waals surface area (Å²) in [6.45, 7) is 8.91. The Bertz CT molecular complexity index is 479. The highest BCUT2D eigenvalue weighted by atomic mass is 19.1. The number of nitrogen functional groups attached to an aromatic ring is 1. The third-order valence-electron chi connectivity index (χ3n) is 3.90. The summed E-state index contributed by atoms with van der Waals surface area (Å²) in [5.74, 6) is -0.569. The van der Waals surface area contributed by atoms with E-state index in [9.17, 15) is 4.39 Å². The van der Waals surface area contributed by atoms with Crippen LogP contribution in [-0.4, -0.2) is 47.9 Å². The molecule has 0 unspecified atom stereocenters. The van der Waals surface area contributed by atoms with Crippen LogP contribution < -0.4 is 5.73 Å². The molecule has 0 aromatic heterocycles. The molecule has 0 atom stereocenters. The van der Waals surface area contributed by atoms with Gasteiger partial charge in [-0.05, 0) is 19.9 Å². The summed E-state index contributed by atoms with van der Waals surface area (Å²) < 4.78 is 14.2. The van der Waals surface area contributed by atoms with E-state index in [0.717, 1.165) is 26.2 Å². The number of nitrogens with two attached hydrogens (primary N) is 1. The second kappa shape index (κ2) is 6.33. The van der Waals surface area contributed by atoms with Crippen molar-refractivity contribution in [3.8, 4) is 0 Å². The molecule has 110 valence electrons. The molecule has 1 heterocycles. The number of halogens is 1. The molecule has 0 saturated carbocycles. The predicted octanol–water partition coefficient (Wildman–Crippen LogP) is 1.64. The Morgan fingerprint density at radius 2 is 1.95 bits per heavy atom. The Kier molecular flexibility index (Phi) is 4.73. The van der Waals surface area contributed by atoms with Crippen molar-refractivity contribution in [3.63, 3.8) is 0 Å². The van der Waals surface area contributed by atoms with E-state index in [2.05, 4.69) is 23.6 Å². The molecule has 2 rings (SSSR count). The maximum atomic E-state index is 14.2. The second-order valence-electron chi connectivity index (χ2n) is 5.60. The fourth-order valence-electron chi connectivity index (χ4n) is 2.59. The van der Waals surface area contributed by atoms with E-state index < -0.39 is 0 Å². The van der Waals surface area contributed by atoms with Crippen LogP contribution in [0.25, 0.3) is 0 Å². The quantitative estimate of drug-likeness (QED) is 0.650. The van der Waals surface area contributed by atoms with Crippen LogP contribution >= 0.6 is 0 Å². The first-order valence-electron chi connectivity index (χ1n) is 7.07. The average molecular weight is 278 g/mol. The molecule has 1 aliphatic heterocycles. The van der Waals surface area contributed by atoms with Crippen LogP contribution in [0.15, 0.2) is 18.2 Å². The fraction of sp³-hybridized carbons (Fsp3) is 0.533. The second-order valence-corrected chi connectivity index (χ2v) is 5.60. The van der Waals surface area contributed by atoms with E-state index in [-0.39, 0.29) is 17.2 Å². The minimum atomic E-state index is -0.355. The SMILES string of the molecule is CC(C)N1CCN(Cc2cccc(C(=N)N)c2F)CC1. The minimum absolute atomic E-state index is 0.198. The molecule has 1 saturated heterocycles. The Labute approximate surface area is 119 Å². The molecule has 1 aliphatic rings. The van der Waals surface area contributed by atoms with Gasteiger partial charge in [0.1, 0.15) is 11.7 Å². The molecule has 1 fully saturated rings. The first-order chi connectivity index (χ1) is 9.49. The zero-order valence-corrected chi connectivity index (χ0v) is 12.2. The Morgan fingerprint density at radius 1 is 1.30 bits per heavy atom. The van der Waals surface area contributed by atoms with Crippen molar-refractivity contribution in [2.45, 2.75) is 26.4 Å². The van der Waals surface area contributed by atoms with Crippen molar-refractivity contribution in [1.82, 2.24) is 9.80 Å². The van der Waals surface area contributed by atoms with Gasteiger partial charge in [-0.25, -0.2) is 4.39 Å². The number of benzene rings is 1. The van der Waals surface area contributed by atoms with Gasteiger partial charge in [0, 0.05) is 44.3 Å². The number of hydrogen-bond donors (Lipinski definition) is 2. The number of piperazine rings is 1. The van der Waals surface area contributed by atoms with E-state index in [1.165, 1.54) is 0 Å². The van der Waals surface area contributed by atoms with E-state index >= 15 is 0 Å². The smallest absolute Gasteiger partial charge is 0.138 e. The summed E-state index contributed by atoms with van der Waals surface area (Å²) >= 11 is 0. The van der Waals surface area contributed by atoms with Gasteiger partial charge in [-0.1, -0.05) is 12.1 Å². The van der Waals surface area contributed by atoms with Crippen molar-refractivity contribution in [1.29, 1.82) is 5.41 Å². The molecule has 4 nitrogen and oxygen atoms in total. The van der Waals surface area contributed by atoms with E-state index in [4.69, 9.17) is 11.1 Å². The Morgan fingerprint density at radius 3 is 2.50 bits per heavy atom. The van der Waals surface area contributed by atoms with Crippen molar-refractivity contribution < 1.29 is 4.39 Å². The number of rotatable bonds is 4. The molecule has 0 spiro atoms. The van der Waals surface area contributed by atoms with Crippen molar-refractivity contribution in [2.75, 3.05) is 26.2 Å². The molecule has 1 aromatic rings. The van der Waals surface area contributed by atoms with Crippen LogP contribution in [0.4, 0.5) is 4.39 Å². The van der Waals surface area contributed by atoms with Crippen molar-refractivity contribution >= 4 is 5.84 Å². The lowest BCUT2D eigenvalue weighted by atomic mass is 10.1. The third kappa shape index (κ3) is 3.35. The van der Waals surface area contributed by atoms with Crippen LogP contribution in [0.2, 0.25) is 0 Å². The summed E-state index contributed by atoms with van der Waals surface area (Å²) in [7, 11) is 0. The Balaban J connectivity index is 2.01. The summed E-state index contributed by atoms with van der Waals surface area (Å²) in [5.41, 5.74) is 6.21. The van der Waals surface area contributed by atoms with Gasteiger partial charge < -0.3 is 5.73 Å². The molecule has 0 radical (unpaired) electrons. The van der Waals surface area contributed by atoms with Crippen LogP contribution in [0.3, 0.4) is 0 Å². The standard InChI is InChI=1S/C15H23FN4/c1-11(2)20-8-6-19(7-9-20)10-12-4-3-5-13(14(12)16)15(17)18/h3-5,11H,6-10H2,1-2H3,(H3,17,18). The molecule has 0 bridgehead atoms. The van der Waals surface area contributed by atoms with E-state index in [0.29, 0.717) is 18.2 Å². The van der Waals surface area contributed by atoms with E-state index in [1.807, 2.05) is 0 Å². The summed E-state index contributed by atoms with van der Waals surface area (Å²) in [6.07, 6.45) is 0. The highest BCUT2D eigenvalue weighted by Crippen LogP contribution is 2.16. The molecule has 0 amide bonds. The van der Waals surface area contributed by atoms with Crippen LogP contribution in [0, 0.1) is 11.2 Å². The largest absolute Gasteiger partial charge is 0.384 e. The maximum Gasteiger partial charge on any atom is 0.138 e. The third-order valence-corrected chi connectivity index (χ3v) is 3.90. The topological polar surface area (TPSA) is 56.4 Å². The molecule has 20 heavy (non-hydrogen) atoms. The number of nitrogens with one attached hydrogen (secondary N) is 1. The zero-order chi connectivity index (χ0) is 14.7. The van der Waals surface area contributed by atoms with Crippen molar-refractivity contribution in [3.05, 3.63) is 35.1 Å². The lowest BCUT2D eigenvalue weighted by molar-refractivity contribution is 0.103. The van der Waals surface area contributed by atoms with Gasteiger partial charge in [-0.15, -0.1) is 0 Å². The molecule has 3 N–H and O–H groups in total. The van der Waals surface area contributed by atoms with Crippen LogP contribution in [0.5, 0.6) is 0 Å². The number of nitrogens with zero attached hydrogens (tertiary/aromatic N) is 2. The maximum absolute atomic E-state index is 14.2. The number of hydrogen-bond acceptors (Lipinski definition) is 3. The predicted molar refractivity (Wildman–Crippen MR) is 79.4 cm³/mol. The molecule has 0 aliphatic carbocycles. The van der Waals surface area contributed by atoms with Gasteiger partial charge in [0.2, 0.25) is 0 Å². The summed E-state index contributed by atoms with van der Waals surface area (Å²) in [6, 6.07) is 5.66. The van der Waals surface area contributed by atoms with Crippen LogP contribution in [-0.2, 0) is 6.54 Å². The van der Waals surface area contributed by atoms with Gasteiger partial charge in [-0.3, -0.25) is 15.2 Å². The molecule has 1 aromatic carbocycles. The lowest BCUT2D eigenvalue weighted by Crippen LogP contribution is -2.48. The highest BCUT2D eigenvalue weighted by Gasteiger charge is 2.20. The number of amidine groups is 1. The molecule has 5 heteroatoms. The van der Waals surface area contributed by atoms with Crippen LogP contribution in [0.1, 0.15) is 25.0 Å². The van der Waals surface area contributed by atoms with Gasteiger partial charge in [0.25, 0.3) is 0 Å². The monoisotopic (exact) mass is 278 g/mol. The zero-order valence-electron chi connectivity index (χ0n) is 12.2. The first-order valence-corrected chi connectivity index (χ1v) is 7.07. The van der Waals surface area contributed by atoms with Crippen molar-refractivity contribution in [2.24, 2.45) is 5.73 Å². The lowest BCUT2D eigenvalue weighted by Gasteiger charge is -2.37. The summed E-state index contributed by atoms with van der Waals surface area (Å²) in [5, 5.41) is 7.38. The summed E-state index contributed by atoms with van der Waals surface area (Å²) in [4.78, 5) is 4.68. The van der Waals surface area contributed by atoms with Gasteiger partial charge in [0.05, 0.1) is 5.56 Å². The normalized spacial score (nSPS) is 17.6. The minimum Gasteiger partial charge on any atom is -0.384 e. The fourth-order valence-corrected chi connectivity index (χ4v) is 2.59. The Hall–Kier alpha value is -1.46. The average Bonchev–Trinajstić information content (AvgIpc) is 2.41. The van der Waals surface area contributed by atoms with Gasteiger partial charge >= 0.3 is 0 Å².